The fourth-order valence-electron chi connectivity index (χ4n) is 2.01. The number of nitrogens with zero attached hydrogens (tertiary/aromatic N) is 1. The van der Waals surface area contributed by atoms with Gasteiger partial charge < -0.3 is 4.90 Å². The monoisotopic (exact) mass is 313 g/mol. The molecule has 0 heterocycles. The molecular formula is C13H22Cl2NV-. The molecule has 1 aromatic rings. The summed E-state index contributed by atoms with van der Waals surface area (Å²) >= 11 is -0.368. The summed E-state index contributed by atoms with van der Waals surface area (Å²) in [5.74, 6) is 0. The van der Waals surface area contributed by atoms with Gasteiger partial charge in [0.1, 0.15) is 0 Å². The quantitative estimate of drug-likeness (QED) is 0.759. The standard InChI is InChI=1S/C13H22N.2ClH.V/c1-9-10(2)12(4)13(11(9)3)7-8-14(5)6;;;/h7-8H2,1-6H3;2*1H;/q-1;;;+2/p-2. The second kappa shape index (κ2) is 8.55. The van der Waals surface area contributed by atoms with Crippen LogP contribution >= 0.6 is 19.7 Å². The van der Waals surface area contributed by atoms with Gasteiger partial charge in [-0.15, -0.1) is 5.56 Å². The predicted molar refractivity (Wildman–Crippen MR) is 74.9 cm³/mol. The molecule has 0 saturated carbocycles. The summed E-state index contributed by atoms with van der Waals surface area (Å²) in [4.78, 5) is 2.25. The first-order valence-corrected chi connectivity index (χ1v) is 9.50. The molecule has 0 saturated heterocycles. The summed E-state index contributed by atoms with van der Waals surface area (Å²) in [6.45, 7) is 10.1. The van der Waals surface area contributed by atoms with Crippen LogP contribution in [0.25, 0.3) is 0 Å². The topological polar surface area (TPSA) is 3.24 Å². The third kappa shape index (κ3) is 5.32. The van der Waals surface area contributed by atoms with Gasteiger partial charge in [0, 0.05) is 0 Å². The minimum absolute atomic E-state index is 0.368. The summed E-state index contributed by atoms with van der Waals surface area (Å²) < 4.78 is 0. The molecule has 17 heavy (non-hydrogen) atoms. The van der Waals surface area contributed by atoms with E-state index in [4.69, 9.17) is 19.7 Å². The van der Waals surface area contributed by atoms with E-state index < -0.39 is 0 Å². The van der Waals surface area contributed by atoms with Gasteiger partial charge in [-0.3, -0.25) is 0 Å². The molecule has 0 radical (unpaired) electrons. The van der Waals surface area contributed by atoms with Crippen molar-refractivity contribution in [3.8, 4) is 0 Å². The summed E-state index contributed by atoms with van der Waals surface area (Å²) in [5, 5.41) is 0. The third-order valence-corrected chi connectivity index (χ3v) is 3.40. The van der Waals surface area contributed by atoms with E-state index in [1.807, 2.05) is 0 Å². The van der Waals surface area contributed by atoms with Crippen LogP contribution in [0.3, 0.4) is 0 Å². The molecule has 0 N–H and O–H groups in total. The zero-order valence-electron chi connectivity index (χ0n) is 11.6. The molecule has 0 bridgehead atoms. The molecule has 0 fully saturated rings. The summed E-state index contributed by atoms with van der Waals surface area (Å²) in [5.41, 5.74) is 7.53. The van der Waals surface area contributed by atoms with E-state index in [-0.39, 0.29) is 14.4 Å². The fourth-order valence-corrected chi connectivity index (χ4v) is 2.01. The molecule has 0 aliphatic carbocycles. The number of hydrogen-bond acceptors (Lipinski definition) is 1. The number of likely N-dealkylation sites (N-methyl/N-ethyl adjacent to an activating group) is 1. The first-order valence-electron chi connectivity index (χ1n) is 5.65. The maximum absolute atomic E-state index is 4.86. The molecule has 0 unspecified atom stereocenters. The second-order valence-electron chi connectivity index (χ2n) is 4.60. The van der Waals surface area contributed by atoms with Crippen molar-refractivity contribution in [1.29, 1.82) is 0 Å². The Labute approximate surface area is 121 Å². The van der Waals surface area contributed by atoms with E-state index in [9.17, 15) is 0 Å². The average Bonchev–Trinajstić information content (AvgIpc) is 2.43. The van der Waals surface area contributed by atoms with Crippen LogP contribution in [0.2, 0.25) is 0 Å². The molecule has 1 nitrogen and oxygen atoms in total. The molecule has 0 amide bonds. The molecule has 4 heteroatoms. The Hall–Kier alpha value is 0.474. The van der Waals surface area contributed by atoms with Gasteiger partial charge in [0.05, 0.1) is 0 Å². The number of rotatable bonds is 3. The van der Waals surface area contributed by atoms with Crippen LogP contribution in [0.4, 0.5) is 0 Å². The Morgan fingerprint density at radius 2 is 1.35 bits per heavy atom. The number of hydrogen-bond donors (Lipinski definition) is 0. The first kappa shape index (κ1) is 17.5. The van der Waals surface area contributed by atoms with Gasteiger partial charge in [0.15, 0.2) is 0 Å². The predicted octanol–water partition coefficient (Wildman–Crippen LogP) is 4.12. The van der Waals surface area contributed by atoms with Crippen LogP contribution < -0.4 is 0 Å². The van der Waals surface area contributed by atoms with Gasteiger partial charge in [0.2, 0.25) is 0 Å². The van der Waals surface area contributed by atoms with Gasteiger partial charge in [0.25, 0.3) is 0 Å². The van der Waals surface area contributed by atoms with Crippen LogP contribution in [-0.4, -0.2) is 25.5 Å². The maximum atomic E-state index is 4.86. The van der Waals surface area contributed by atoms with E-state index in [1.165, 1.54) is 28.7 Å². The van der Waals surface area contributed by atoms with Crippen molar-refractivity contribution in [2.24, 2.45) is 0 Å². The van der Waals surface area contributed by atoms with Crippen molar-refractivity contribution in [2.75, 3.05) is 20.6 Å². The van der Waals surface area contributed by atoms with Crippen molar-refractivity contribution in [3.05, 3.63) is 27.8 Å². The van der Waals surface area contributed by atoms with Crippen LogP contribution in [0.15, 0.2) is 0 Å². The summed E-state index contributed by atoms with van der Waals surface area (Å²) in [6.07, 6.45) is 1.18. The minimum atomic E-state index is -0.368. The van der Waals surface area contributed by atoms with E-state index in [1.54, 1.807) is 5.56 Å². The van der Waals surface area contributed by atoms with E-state index in [0.29, 0.717) is 0 Å². The molecule has 1 aromatic carbocycles. The van der Waals surface area contributed by atoms with E-state index in [2.05, 4.69) is 46.7 Å². The Bertz CT molecular complexity index is 320. The average molecular weight is 314 g/mol. The Kier molecular flexibility index (Phi) is 8.79. The van der Waals surface area contributed by atoms with Gasteiger partial charge >= 0.3 is 34.1 Å². The van der Waals surface area contributed by atoms with Crippen LogP contribution in [0.1, 0.15) is 27.8 Å². The van der Waals surface area contributed by atoms with Gasteiger partial charge in [-0.25, -0.2) is 0 Å². The molecule has 0 aromatic heterocycles. The zero-order valence-corrected chi connectivity index (χ0v) is 14.5. The Balaban J connectivity index is 0.000000770. The zero-order chi connectivity index (χ0) is 13.6. The van der Waals surface area contributed by atoms with E-state index in [0.717, 1.165) is 6.54 Å². The van der Waals surface area contributed by atoms with Crippen molar-refractivity contribution in [1.82, 2.24) is 4.90 Å². The van der Waals surface area contributed by atoms with Gasteiger partial charge in [-0.05, 0) is 20.6 Å². The van der Waals surface area contributed by atoms with Crippen molar-refractivity contribution in [2.45, 2.75) is 34.1 Å². The van der Waals surface area contributed by atoms with E-state index >= 15 is 0 Å². The van der Waals surface area contributed by atoms with Crippen LogP contribution in [0.5, 0.6) is 0 Å². The third-order valence-electron chi connectivity index (χ3n) is 3.40. The number of halogens is 2. The summed E-state index contributed by atoms with van der Waals surface area (Å²) in [7, 11) is 14.0. The fraction of sp³-hybridized carbons (Fsp3) is 0.615. The molecule has 0 spiro atoms. The van der Waals surface area contributed by atoms with Gasteiger partial charge in [-0.2, -0.15) is 22.3 Å². The van der Waals surface area contributed by atoms with Crippen molar-refractivity contribution < 1.29 is 14.4 Å². The molecule has 99 valence electrons. The van der Waals surface area contributed by atoms with Gasteiger partial charge in [-0.1, -0.05) is 34.1 Å². The van der Waals surface area contributed by atoms with Crippen LogP contribution in [0, 0.1) is 27.7 Å². The van der Waals surface area contributed by atoms with Crippen LogP contribution in [-0.2, 0) is 20.8 Å². The molecular weight excluding hydrogens is 292 g/mol. The first-order chi connectivity index (χ1) is 7.86. The molecule has 0 aliphatic rings. The Morgan fingerprint density at radius 1 is 1.00 bits per heavy atom. The molecule has 0 atom stereocenters. The normalized spacial score (nSPS) is 10.2. The SMILES string of the molecule is Cc1c(C)c(C)[c-](CCN(C)C)c1C.[Cl][V][Cl]. The molecule has 0 aliphatic heterocycles. The molecule has 1 rings (SSSR count). The van der Waals surface area contributed by atoms with Crippen molar-refractivity contribution >= 4 is 19.7 Å². The van der Waals surface area contributed by atoms with Crippen molar-refractivity contribution in [3.63, 3.8) is 0 Å². The Morgan fingerprint density at radius 3 is 1.65 bits per heavy atom. The summed E-state index contributed by atoms with van der Waals surface area (Å²) in [6, 6.07) is 0. The second-order valence-corrected chi connectivity index (χ2v) is 6.90.